The number of aromatic nitrogens is 2. The molecule has 0 amide bonds. The molecule has 1 aliphatic carbocycles. The third-order valence-electron chi connectivity index (χ3n) is 6.46. The summed E-state index contributed by atoms with van der Waals surface area (Å²) < 4.78 is 5.26. The first-order valence-corrected chi connectivity index (χ1v) is 12.3. The molecule has 5 rings (SSSR count). The van der Waals surface area contributed by atoms with E-state index in [4.69, 9.17) is 14.7 Å². The molecule has 2 aliphatic rings. The number of ether oxygens (including phenoxy) is 1. The fourth-order valence-corrected chi connectivity index (χ4v) is 6.13. The Hall–Kier alpha value is -2.47. The van der Waals surface area contributed by atoms with Gasteiger partial charge in [-0.1, -0.05) is 30.3 Å². The van der Waals surface area contributed by atoms with E-state index in [-0.39, 0.29) is 11.9 Å². The molecular weight excluding hydrogens is 406 g/mol. The Balaban J connectivity index is 1.49. The summed E-state index contributed by atoms with van der Waals surface area (Å²) in [6, 6.07) is 10.5. The Bertz CT molecular complexity index is 1070. The topological polar surface area (TPSA) is 55.3 Å². The highest BCUT2D eigenvalue weighted by atomic mass is 32.1. The number of anilines is 1. The minimum Gasteiger partial charge on any atom is -0.466 e. The van der Waals surface area contributed by atoms with E-state index in [1.54, 1.807) is 0 Å². The molecule has 0 atom stereocenters. The Morgan fingerprint density at radius 1 is 1.13 bits per heavy atom. The molecule has 1 aromatic carbocycles. The first kappa shape index (κ1) is 20.4. The zero-order valence-electron chi connectivity index (χ0n) is 18.1. The van der Waals surface area contributed by atoms with Crippen molar-refractivity contribution in [3.8, 4) is 0 Å². The number of aryl methyl sites for hydroxylation is 2. The lowest BCUT2D eigenvalue weighted by Crippen LogP contribution is -2.37. The smallest absolute Gasteiger partial charge is 0.309 e. The van der Waals surface area contributed by atoms with Crippen LogP contribution in [0, 0.1) is 5.92 Å². The molecule has 5 nitrogen and oxygen atoms in total. The molecule has 3 aromatic rings. The van der Waals surface area contributed by atoms with E-state index in [1.165, 1.54) is 34.2 Å². The van der Waals surface area contributed by atoms with Crippen molar-refractivity contribution < 1.29 is 9.53 Å². The Morgan fingerprint density at radius 2 is 1.90 bits per heavy atom. The van der Waals surface area contributed by atoms with Crippen LogP contribution in [-0.4, -0.2) is 35.6 Å². The van der Waals surface area contributed by atoms with Gasteiger partial charge in [-0.25, -0.2) is 9.97 Å². The van der Waals surface area contributed by atoms with Gasteiger partial charge in [0.05, 0.1) is 17.9 Å². The van der Waals surface area contributed by atoms with Crippen LogP contribution in [-0.2, 0) is 28.8 Å². The van der Waals surface area contributed by atoms with E-state index in [9.17, 15) is 4.79 Å². The number of carbonyl (C=O) groups excluding carboxylic acids is 1. The summed E-state index contributed by atoms with van der Waals surface area (Å²) in [4.78, 5) is 27.3. The second-order valence-electron chi connectivity index (χ2n) is 8.53. The first-order chi connectivity index (χ1) is 15.2. The van der Waals surface area contributed by atoms with Crippen LogP contribution in [0.25, 0.3) is 10.2 Å². The molecule has 0 radical (unpaired) electrons. The van der Waals surface area contributed by atoms with Crippen LogP contribution in [0.15, 0.2) is 30.3 Å². The molecular formula is C25H29N3O2S. The zero-order chi connectivity index (χ0) is 21.2. The maximum absolute atomic E-state index is 12.2. The maximum Gasteiger partial charge on any atom is 0.309 e. The molecule has 1 aliphatic heterocycles. The molecule has 1 saturated heterocycles. The molecule has 0 N–H and O–H groups in total. The quantitative estimate of drug-likeness (QED) is 0.531. The van der Waals surface area contributed by atoms with Crippen molar-refractivity contribution in [2.75, 3.05) is 24.6 Å². The number of hydrogen-bond donors (Lipinski definition) is 0. The highest BCUT2D eigenvalue weighted by molar-refractivity contribution is 7.19. The molecule has 0 bridgehead atoms. The second kappa shape index (κ2) is 8.95. The van der Waals surface area contributed by atoms with E-state index in [1.807, 2.05) is 24.3 Å². The molecule has 2 aromatic heterocycles. The van der Waals surface area contributed by atoms with Gasteiger partial charge in [0.15, 0.2) is 0 Å². The Kier molecular flexibility index (Phi) is 5.90. The minimum atomic E-state index is -0.0485. The van der Waals surface area contributed by atoms with Gasteiger partial charge in [0.2, 0.25) is 0 Å². The molecule has 0 spiro atoms. The average molecular weight is 436 g/mol. The van der Waals surface area contributed by atoms with Gasteiger partial charge in [0.25, 0.3) is 0 Å². The van der Waals surface area contributed by atoms with Crippen molar-refractivity contribution >= 4 is 33.3 Å². The molecule has 1 fully saturated rings. The third kappa shape index (κ3) is 4.18. The number of hydrogen-bond acceptors (Lipinski definition) is 6. The predicted molar refractivity (Wildman–Crippen MR) is 125 cm³/mol. The van der Waals surface area contributed by atoms with Gasteiger partial charge in [-0.15, -0.1) is 11.3 Å². The van der Waals surface area contributed by atoms with Crippen LogP contribution in [0.2, 0.25) is 0 Å². The summed E-state index contributed by atoms with van der Waals surface area (Å²) in [7, 11) is 0. The van der Waals surface area contributed by atoms with Crippen LogP contribution < -0.4 is 4.90 Å². The zero-order valence-corrected chi connectivity index (χ0v) is 18.9. The summed E-state index contributed by atoms with van der Waals surface area (Å²) in [5.41, 5.74) is 2.70. The molecule has 0 saturated carbocycles. The van der Waals surface area contributed by atoms with Gasteiger partial charge in [-0.2, -0.15) is 0 Å². The van der Waals surface area contributed by atoms with Crippen molar-refractivity contribution in [1.29, 1.82) is 0 Å². The lowest BCUT2D eigenvalue weighted by atomic mass is 9.95. The van der Waals surface area contributed by atoms with Crippen molar-refractivity contribution in [2.24, 2.45) is 5.92 Å². The fourth-order valence-electron chi connectivity index (χ4n) is 4.85. The molecule has 3 heterocycles. The van der Waals surface area contributed by atoms with Crippen molar-refractivity contribution in [3.63, 3.8) is 0 Å². The molecule has 0 unspecified atom stereocenters. The van der Waals surface area contributed by atoms with Gasteiger partial charge < -0.3 is 9.64 Å². The van der Waals surface area contributed by atoms with E-state index in [2.05, 4.69) is 29.2 Å². The molecule has 162 valence electrons. The fraction of sp³-hybridized carbons (Fsp3) is 0.480. The molecule has 31 heavy (non-hydrogen) atoms. The summed E-state index contributed by atoms with van der Waals surface area (Å²) >= 11 is 1.86. The largest absolute Gasteiger partial charge is 0.466 e. The maximum atomic E-state index is 12.2. The van der Waals surface area contributed by atoms with Crippen LogP contribution in [0.1, 0.15) is 54.4 Å². The number of carbonyl (C=O) groups is 1. The van der Waals surface area contributed by atoms with Crippen LogP contribution in [0.5, 0.6) is 0 Å². The number of esters is 1. The normalized spacial score (nSPS) is 17.0. The average Bonchev–Trinajstić information content (AvgIpc) is 3.18. The third-order valence-corrected chi connectivity index (χ3v) is 7.65. The number of benzene rings is 1. The van der Waals surface area contributed by atoms with E-state index in [0.717, 1.165) is 61.7 Å². The second-order valence-corrected chi connectivity index (χ2v) is 9.61. The van der Waals surface area contributed by atoms with Crippen LogP contribution >= 0.6 is 11.3 Å². The summed E-state index contributed by atoms with van der Waals surface area (Å²) in [6.45, 7) is 4.00. The van der Waals surface area contributed by atoms with Crippen LogP contribution in [0.3, 0.4) is 0 Å². The van der Waals surface area contributed by atoms with Crippen molar-refractivity contribution in [1.82, 2.24) is 9.97 Å². The lowest BCUT2D eigenvalue weighted by Gasteiger charge is -2.32. The first-order valence-electron chi connectivity index (χ1n) is 11.5. The van der Waals surface area contributed by atoms with Gasteiger partial charge >= 0.3 is 5.97 Å². The number of piperidine rings is 1. The summed E-state index contributed by atoms with van der Waals surface area (Å²) in [5.74, 6) is 1.93. The number of fused-ring (bicyclic) bond motifs is 3. The predicted octanol–water partition coefficient (Wildman–Crippen LogP) is 4.94. The monoisotopic (exact) mass is 435 g/mol. The lowest BCUT2D eigenvalue weighted by molar-refractivity contribution is -0.148. The minimum absolute atomic E-state index is 0.00806. The van der Waals surface area contributed by atoms with Gasteiger partial charge in [-0.05, 0) is 56.6 Å². The van der Waals surface area contributed by atoms with Crippen molar-refractivity contribution in [3.05, 3.63) is 52.2 Å². The Morgan fingerprint density at radius 3 is 2.68 bits per heavy atom. The van der Waals surface area contributed by atoms with Crippen molar-refractivity contribution in [2.45, 2.75) is 51.9 Å². The van der Waals surface area contributed by atoms with Gasteiger partial charge in [0, 0.05) is 24.4 Å². The SMILES string of the molecule is CCOC(=O)C1CCN(c2nc(Cc3ccccc3)nc3sc4c(c23)CCCC4)CC1. The number of thiophene rings is 1. The molecule has 6 heteroatoms. The van der Waals surface area contributed by atoms with E-state index >= 15 is 0 Å². The Labute approximate surface area is 187 Å². The highest BCUT2D eigenvalue weighted by Crippen LogP contribution is 2.40. The standard InChI is InChI=1S/C25H29N3O2S/c1-2-30-25(29)18-12-14-28(15-13-18)23-22-19-10-6-7-11-20(19)31-24(22)27-21(26-23)16-17-8-4-3-5-9-17/h3-5,8-9,18H,2,6-7,10-16H2,1H3. The summed E-state index contributed by atoms with van der Waals surface area (Å²) in [5, 5.41) is 1.27. The van der Waals surface area contributed by atoms with Crippen LogP contribution in [0.4, 0.5) is 5.82 Å². The number of nitrogens with zero attached hydrogens (tertiary/aromatic N) is 3. The van der Waals surface area contributed by atoms with E-state index < -0.39 is 0 Å². The van der Waals surface area contributed by atoms with Gasteiger partial charge in [-0.3, -0.25) is 4.79 Å². The highest BCUT2D eigenvalue weighted by Gasteiger charge is 2.29. The number of rotatable bonds is 5. The summed E-state index contributed by atoms with van der Waals surface area (Å²) in [6.07, 6.45) is 7.19. The van der Waals surface area contributed by atoms with Gasteiger partial charge in [0.1, 0.15) is 16.5 Å². The van der Waals surface area contributed by atoms with E-state index in [0.29, 0.717) is 6.61 Å².